The normalized spacial score (nSPS) is 14.1. The number of carboxylic acid groups (broad SMARTS) is 1. The van der Waals surface area contributed by atoms with Crippen LogP contribution in [0.4, 0.5) is 14.5 Å². The van der Waals surface area contributed by atoms with Crippen LogP contribution in [0.2, 0.25) is 0 Å². The number of benzene rings is 1. The first kappa shape index (κ1) is 14.2. The Morgan fingerprint density at radius 3 is 2.28 bits per heavy atom. The van der Waals surface area contributed by atoms with E-state index in [0.29, 0.717) is 5.69 Å². The fourth-order valence-corrected chi connectivity index (χ4v) is 1.33. The van der Waals surface area contributed by atoms with Crippen LogP contribution in [0, 0.1) is 5.92 Å². The Morgan fingerprint density at radius 1 is 1.28 bits per heavy atom. The van der Waals surface area contributed by atoms with Gasteiger partial charge < -0.3 is 15.2 Å². The predicted octanol–water partition coefficient (Wildman–Crippen LogP) is 2.81. The molecule has 0 heterocycles. The van der Waals surface area contributed by atoms with E-state index in [1.165, 1.54) is 12.1 Å². The van der Waals surface area contributed by atoms with Gasteiger partial charge in [-0.2, -0.15) is 8.78 Å². The third kappa shape index (κ3) is 4.20. The summed E-state index contributed by atoms with van der Waals surface area (Å²) in [7, 11) is 0. The molecule has 0 amide bonds. The highest BCUT2D eigenvalue weighted by atomic mass is 19.3. The minimum atomic E-state index is -2.85. The van der Waals surface area contributed by atoms with Crippen LogP contribution in [-0.4, -0.2) is 23.7 Å². The van der Waals surface area contributed by atoms with Gasteiger partial charge in [0.2, 0.25) is 0 Å². The van der Waals surface area contributed by atoms with Crippen molar-refractivity contribution < 1.29 is 23.4 Å². The van der Waals surface area contributed by atoms with Crippen LogP contribution in [0.1, 0.15) is 13.8 Å². The monoisotopic (exact) mass is 259 g/mol. The molecule has 0 radical (unpaired) electrons. The molecule has 1 rings (SSSR count). The Hall–Kier alpha value is -1.85. The Kier molecular flexibility index (Phi) is 4.88. The lowest BCUT2D eigenvalue weighted by Gasteiger charge is -2.19. The summed E-state index contributed by atoms with van der Waals surface area (Å²) < 4.78 is 28.1. The molecule has 0 aromatic heterocycles. The van der Waals surface area contributed by atoms with E-state index >= 15 is 0 Å². The molecular weight excluding hydrogens is 244 g/mol. The van der Waals surface area contributed by atoms with Crippen molar-refractivity contribution in [3.63, 3.8) is 0 Å². The molecule has 0 aliphatic heterocycles. The number of alkyl halides is 2. The van der Waals surface area contributed by atoms with E-state index in [1.54, 1.807) is 26.0 Å². The van der Waals surface area contributed by atoms with E-state index in [9.17, 15) is 13.6 Å². The lowest BCUT2D eigenvalue weighted by molar-refractivity contribution is -0.141. The smallest absolute Gasteiger partial charge is 0.387 e. The van der Waals surface area contributed by atoms with Gasteiger partial charge in [-0.05, 0) is 38.1 Å². The Bertz CT molecular complexity index is 395. The van der Waals surface area contributed by atoms with Crippen LogP contribution in [0.25, 0.3) is 0 Å². The lowest BCUT2D eigenvalue weighted by atomic mass is 10.0. The topological polar surface area (TPSA) is 58.6 Å². The Morgan fingerprint density at radius 2 is 1.83 bits per heavy atom. The van der Waals surface area contributed by atoms with Gasteiger partial charge in [0.1, 0.15) is 5.75 Å². The van der Waals surface area contributed by atoms with E-state index in [0.717, 1.165) is 0 Å². The summed E-state index contributed by atoms with van der Waals surface area (Å²) in [6.07, 6.45) is 0. The number of rotatable bonds is 6. The molecule has 0 spiro atoms. The SMILES string of the molecule is CC(Nc1ccc(OC(F)F)cc1)C(C)C(=O)O. The first-order chi connectivity index (χ1) is 8.40. The molecule has 1 aromatic carbocycles. The van der Waals surface area contributed by atoms with Gasteiger partial charge in [0.15, 0.2) is 0 Å². The summed E-state index contributed by atoms with van der Waals surface area (Å²) in [5.74, 6) is -1.39. The van der Waals surface area contributed by atoms with Crippen LogP contribution in [0.3, 0.4) is 0 Å². The zero-order chi connectivity index (χ0) is 13.7. The van der Waals surface area contributed by atoms with Gasteiger partial charge in [0.25, 0.3) is 0 Å². The van der Waals surface area contributed by atoms with Gasteiger partial charge in [-0.15, -0.1) is 0 Å². The van der Waals surface area contributed by atoms with Gasteiger partial charge in [0, 0.05) is 11.7 Å². The van der Waals surface area contributed by atoms with Crippen molar-refractivity contribution >= 4 is 11.7 Å². The van der Waals surface area contributed by atoms with Crippen LogP contribution in [0.15, 0.2) is 24.3 Å². The zero-order valence-corrected chi connectivity index (χ0v) is 10.1. The summed E-state index contributed by atoms with van der Waals surface area (Å²) in [6.45, 7) is 0.478. The average molecular weight is 259 g/mol. The summed E-state index contributed by atoms with van der Waals surface area (Å²) >= 11 is 0. The van der Waals surface area contributed by atoms with E-state index < -0.39 is 18.5 Å². The molecule has 2 N–H and O–H groups in total. The predicted molar refractivity (Wildman–Crippen MR) is 63.0 cm³/mol. The van der Waals surface area contributed by atoms with Crippen LogP contribution in [-0.2, 0) is 4.79 Å². The summed E-state index contributed by atoms with van der Waals surface area (Å²) in [6, 6.07) is 5.63. The van der Waals surface area contributed by atoms with Crippen LogP contribution >= 0.6 is 0 Å². The van der Waals surface area contributed by atoms with Crippen molar-refractivity contribution in [2.24, 2.45) is 5.92 Å². The van der Waals surface area contributed by atoms with Crippen molar-refractivity contribution in [1.82, 2.24) is 0 Å². The van der Waals surface area contributed by atoms with Crippen LogP contribution < -0.4 is 10.1 Å². The molecule has 18 heavy (non-hydrogen) atoms. The number of ether oxygens (including phenoxy) is 1. The third-order valence-corrected chi connectivity index (χ3v) is 2.61. The molecule has 1 aromatic rings. The van der Waals surface area contributed by atoms with Gasteiger partial charge in [0.05, 0.1) is 5.92 Å². The minimum Gasteiger partial charge on any atom is -0.481 e. The highest BCUT2D eigenvalue weighted by molar-refractivity contribution is 5.71. The van der Waals surface area contributed by atoms with E-state index in [4.69, 9.17) is 5.11 Å². The van der Waals surface area contributed by atoms with Crippen molar-refractivity contribution in [2.45, 2.75) is 26.5 Å². The molecular formula is C12H15F2NO3. The quantitative estimate of drug-likeness (QED) is 0.824. The number of hydrogen-bond acceptors (Lipinski definition) is 3. The second kappa shape index (κ2) is 6.18. The maximum Gasteiger partial charge on any atom is 0.387 e. The highest BCUT2D eigenvalue weighted by Crippen LogP contribution is 2.19. The molecule has 0 saturated carbocycles. The number of aliphatic carboxylic acids is 1. The largest absolute Gasteiger partial charge is 0.481 e. The van der Waals surface area contributed by atoms with E-state index in [-0.39, 0.29) is 11.8 Å². The van der Waals surface area contributed by atoms with Crippen LogP contribution in [0.5, 0.6) is 5.75 Å². The highest BCUT2D eigenvalue weighted by Gasteiger charge is 2.18. The van der Waals surface area contributed by atoms with E-state index in [1.807, 2.05) is 0 Å². The molecule has 0 saturated heterocycles. The molecule has 6 heteroatoms. The maximum absolute atomic E-state index is 11.9. The lowest BCUT2D eigenvalue weighted by Crippen LogP contribution is -2.29. The summed E-state index contributed by atoms with van der Waals surface area (Å²) in [4.78, 5) is 10.8. The summed E-state index contributed by atoms with van der Waals surface area (Å²) in [5, 5.41) is 11.8. The summed E-state index contributed by atoms with van der Waals surface area (Å²) in [5.41, 5.74) is 0.650. The molecule has 0 aliphatic rings. The third-order valence-electron chi connectivity index (χ3n) is 2.61. The zero-order valence-electron chi connectivity index (χ0n) is 10.1. The second-order valence-electron chi connectivity index (χ2n) is 3.96. The number of carbonyl (C=O) groups is 1. The minimum absolute atomic E-state index is 0.0643. The van der Waals surface area contributed by atoms with E-state index in [2.05, 4.69) is 10.1 Å². The van der Waals surface area contributed by atoms with Crippen molar-refractivity contribution in [3.8, 4) is 5.75 Å². The fraction of sp³-hybridized carbons (Fsp3) is 0.417. The number of nitrogens with one attached hydrogen (secondary N) is 1. The molecule has 0 bridgehead atoms. The maximum atomic E-state index is 11.9. The van der Waals surface area contributed by atoms with Gasteiger partial charge in [-0.3, -0.25) is 4.79 Å². The number of halogens is 2. The average Bonchev–Trinajstić information content (AvgIpc) is 2.29. The molecule has 2 unspecified atom stereocenters. The molecule has 2 atom stereocenters. The van der Waals surface area contributed by atoms with Crippen molar-refractivity contribution in [2.75, 3.05) is 5.32 Å². The Labute approximate surface area is 104 Å². The van der Waals surface area contributed by atoms with Gasteiger partial charge >= 0.3 is 12.6 Å². The molecule has 0 fully saturated rings. The van der Waals surface area contributed by atoms with Crippen molar-refractivity contribution in [3.05, 3.63) is 24.3 Å². The fourth-order valence-electron chi connectivity index (χ4n) is 1.33. The standard InChI is InChI=1S/C12H15F2NO3/c1-7(11(16)17)8(2)15-9-3-5-10(6-4-9)18-12(13)14/h3-8,12,15H,1-2H3,(H,16,17). The first-order valence-corrected chi connectivity index (χ1v) is 5.44. The molecule has 0 aliphatic carbocycles. The Balaban J connectivity index is 2.60. The van der Waals surface area contributed by atoms with Crippen molar-refractivity contribution in [1.29, 1.82) is 0 Å². The van der Waals surface area contributed by atoms with Gasteiger partial charge in [-0.1, -0.05) is 0 Å². The number of hydrogen-bond donors (Lipinski definition) is 2. The first-order valence-electron chi connectivity index (χ1n) is 5.44. The van der Waals surface area contributed by atoms with Gasteiger partial charge in [-0.25, -0.2) is 0 Å². The molecule has 4 nitrogen and oxygen atoms in total. The second-order valence-corrected chi connectivity index (χ2v) is 3.96. The number of anilines is 1. The number of carboxylic acids is 1. The molecule has 100 valence electrons.